The van der Waals surface area contributed by atoms with Crippen LogP contribution in [0.5, 0.6) is 0 Å². The molecule has 2 aromatic rings. The number of carbonyl (C=O) groups is 1. The summed E-state index contributed by atoms with van der Waals surface area (Å²) < 4.78 is 30.7. The van der Waals surface area contributed by atoms with Gasteiger partial charge in [0, 0.05) is 47.9 Å². The second kappa shape index (κ2) is 9.09. The number of hydrogen-bond acceptors (Lipinski definition) is 5. The molecule has 1 unspecified atom stereocenters. The molecule has 0 aliphatic carbocycles. The first-order valence-electron chi connectivity index (χ1n) is 10.2. The number of thioether (sulfide) groups is 1. The molecule has 2 aliphatic heterocycles. The van der Waals surface area contributed by atoms with Gasteiger partial charge in [-0.3, -0.25) is 4.79 Å². The molecule has 0 spiro atoms. The molecule has 2 saturated heterocycles. The zero-order valence-corrected chi connectivity index (χ0v) is 18.3. The maximum Gasteiger partial charge on any atom is 0.322 e. The summed E-state index contributed by atoms with van der Waals surface area (Å²) in [6, 6.07) is 7.31. The third-order valence-corrected chi connectivity index (χ3v) is 9.10. The fourth-order valence-corrected chi connectivity index (χ4v) is 7.03. The number of hydrogen-bond donors (Lipinski definition) is 1. The van der Waals surface area contributed by atoms with E-state index in [4.69, 9.17) is 0 Å². The van der Waals surface area contributed by atoms with E-state index in [0.717, 1.165) is 29.8 Å². The van der Waals surface area contributed by atoms with Crippen LogP contribution in [0.2, 0.25) is 0 Å². The summed E-state index contributed by atoms with van der Waals surface area (Å²) in [6.07, 6.45) is 8.75. The van der Waals surface area contributed by atoms with E-state index in [1.54, 1.807) is 24.3 Å². The van der Waals surface area contributed by atoms with Crippen molar-refractivity contribution in [3.8, 4) is 5.69 Å². The smallest absolute Gasteiger partial charge is 0.322 e. The Kier molecular flexibility index (Phi) is 6.47. The average molecular weight is 451 g/mol. The first-order valence-corrected chi connectivity index (χ1v) is 12.5. The largest absolute Gasteiger partial charge is 0.480 e. The van der Waals surface area contributed by atoms with Crippen molar-refractivity contribution in [3.63, 3.8) is 0 Å². The number of carboxylic acid groups (broad SMARTS) is 1. The van der Waals surface area contributed by atoms with Crippen molar-refractivity contribution in [1.29, 1.82) is 0 Å². The molecule has 1 atom stereocenters. The fraction of sp³-hybridized carbons (Fsp3) is 0.500. The molecule has 1 aromatic carbocycles. The van der Waals surface area contributed by atoms with E-state index >= 15 is 0 Å². The molecule has 0 bridgehead atoms. The summed E-state index contributed by atoms with van der Waals surface area (Å²) in [7, 11) is -3.74. The van der Waals surface area contributed by atoms with Crippen LogP contribution in [-0.2, 0) is 15.0 Å². The maximum atomic E-state index is 13.0. The van der Waals surface area contributed by atoms with Crippen molar-refractivity contribution < 1.29 is 18.3 Å². The van der Waals surface area contributed by atoms with E-state index in [1.807, 2.05) is 22.9 Å². The van der Waals surface area contributed by atoms with Gasteiger partial charge in [0.1, 0.15) is 6.04 Å². The molecule has 1 N–H and O–H groups in total. The Bertz CT molecular complexity index is 955. The second-order valence-corrected chi connectivity index (χ2v) is 10.9. The number of imidazole rings is 1. The molecule has 30 heavy (non-hydrogen) atoms. The number of benzene rings is 1. The highest BCUT2D eigenvalue weighted by atomic mass is 32.2. The highest BCUT2D eigenvalue weighted by molar-refractivity contribution is 8.00. The summed E-state index contributed by atoms with van der Waals surface area (Å²) in [4.78, 5) is 16.7. The summed E-state index contributed by atoms with van der Waals surface area (Å²) in [5.41, 5.74) is 1.05. The van der Waals surface area contributed by atoms with Crippen molar-refractivity contribution in [1.82, 2.24) is 18.2 Å². The van der Waals surface area contributed by atoms with Gasteiger partial charge in [0.15, 0.2) is 0 Å². The molecule has 4 rings (SSSR count). The molecule has 1 aromatic heterocycles. The Morgan fingerprint density at radius 3 is 2.43 bits per heavy atom. The first kappa shape index (κ1) is 21.4. The number of nitrogens with zero attached hydrogens (tertiary/aromatic N) is 4. The second-order valence-electron chi connectivity index (χ2n) is 7.65. The Balaban J connectivity index is 1.35. The van der Waals surface area contributed by atoms with Crippen LogP contribution in [0.4, 0.5) is 0 Å². The lowest BCUT2D eigenvalue weighted by Gasteiger charge is -2.38. The molecule has 0 saturated carbocycles. The van der Waals surface area contributed by atoms with Gasteiger partial charge in [0.2, 0.25) is 0 Å². The minimum atomic E-state index is -3.74. The predicted octanol–water partition coefficient (Wildman–Crippen LogP) is 2.61. The molecule has 2 fully saturated rings. The van der Waals surface area contributed by atoms with Crippen LogP contribution in [0.15, 0.2) is 47.9 Å². The van der Waals surface area contributed by atoms with E-state index in [0.29, 0.717) is 31.2 Å². The molecule has 0 amide bonds. The van der Waals surface area contributed by atoms with Crippen LogP contribution in [0.1, 0.15) is 32.1 Å². The topological polar surface area (TPSA) is 95.7 Å². The van der Waals surface area contributed by atoms with Gasteiger partial charge >= 0.3 is 5.97 Å². The van der Waals surface area contributed by atoms with Crippen molar-refractivity contribution >= 4 is 27.9 Å². The van der Waals surface area contributed by atoms with Gasteiger partial charge in [-0.2, -0.15) is 17.0 Å². The molecular weight excluding hydrogens is 424 g/mol. The third kappa shape index (κ3) is 4.56. The summed E-state index contributed by atoms with van der Waals surface area (Å²) in [6.45, 7) is 1.14. The molecule has 3 heterocycles. The van der Waals surface area contributed by atoms with Gasteiger partial charge in [0.25, 0.3) is 10.2 Å². The first-order chi connectivity index (χ1) is 14.4. The molecular formula is C20H26N4O4S2. The standard InChI is InChI=1S/C20H26N4O4S2/c25-20(26)19-3-1-2-11-24(19)30(27,28)23-12-8-18(9-13-23)29-17-6-4-16(5-7-17)22-14-10-21-15-22/h4-7,10,14-15,18-19H,1-3,8-9,11-13H2,(H,25,26). The zero-order valence-electron chi connectivity index (χ0n) is 16.6. The number of aromatic nitrogens is 2. The molecule has 2 aliphatic rings. The van der Waals surface area contributed by atoms with Crippen LogP contribution >= 0.6 is 11.8 Å². The minimum Gasteiger partial charge on any atom is -0.480 e. The van der Waals surface area contributed by atoms with Crippen LogP contribution in [0.3, 0.4) is 0 Å². The van der Waals surface area contributed by atoms with Gasteiger partial charge in [-0.15, -0.1) is 11.8 Å². The van der Waals surface area contributed by atoms with E-state index in [9.17, 15) is 18.3 Å². The zero-order chi connectivity index (χ0) is 21.1. The number of rotatable bonds is 6. The van der Waals surface area contributed by atoms with Crippen molar-refractivity contribution in [3.05, 3.63) is 43.0 Å². The predicted molar refractivity (Wildman–Crippen MR) is 115 cm³/mol. The minimum absolute atomic E-state index is 0.289. The van der Waals surface area contributed by atoms with E-state index in [2.05, 4.69) is 17.1 Å². The molecule has 0 radical (unpaired) electrons. The van der Waals surface area contributed by atoms with Crippen molar-refractivity contribution in [2.24, 2.45) is 0 Å². The highest BCUT2D eigenvalue weighted by Gasteiger charge is 2.41. The normalized spacial score (nSPS) is 22.2. The maximum absolute atomic E-state index is 13.0. The number of carboxylic acids is 1. The SMILES string of the molecule is O=C(O)C1CCCCN1S(=O)(=O)N1CCC(Sc2ccc(-n3ccnc3)cc2)CC1. The average Bonchev–Trinajstić information content (AvgIpc) is 3.29. The molecule has 10 heteroatoms. The molecule has 8 nitrogen and oxygen atoms in total. The summed E-state index contributed by atoms with van der Waals surface area (Å²) in [5.74, 6) is -1.05. The number of aliphatic carboxylic acids is 1. The van der Waals surface area contributed by atoms with Crippen molar-refractivity contribution in [2.45, 2.75) is 48.3 Å². The Labute approximate surface area is 181 Å². The van der Waals surface area contributed by atoms with Gasteiger partial charge in [0.05, 0.1) is 6.33 Å². The van der Waals surface area contributed by atoms with Crippen LogP contribution < -0.4 is 0 Å². The lowest BCUT2D eigenvalue weighted by molar-refractivity contribution is -0.142. The van der Waals surface area contributed by atoms with Crippen LogP contribution in [-0.4, -0.2) is 68.6 Å². The Hall–Kier alpha value is -1.88. The number of piperidine rings is 2. The van der Waals surface area contributed by atoms with Crippen molar-refractivity contribution in [2.75, 3.05) is 19.6 Å². The Morgan fingerprint density at radius 2 is 1.80 bits per heavy atom. The highest BCUT2D eigenvalue weighted by Crippen LogP contribution is 2.33. The molecule has 162 valence electrons. The van der Waals surface area contributed by atoms with E-state index in [-0.39, 0.29) is 6.54 Å². The van der Waals surface area contributed by atoms with Gasteiger partial charge in [-0.25, -0.2) is 4.98 Å². The lowest BCUT2D eigenvalue weighted by atomic mass is 10.1. The monoisotopic (exact) mass is 450 g/mol. The summed E-state index contributed by atoms with van der Waals surface area (Å²) >= 11 is 1.77. The van der Waals surface area contributed by atoms with E-state index in [1.165, 1.54) is 8.61 Å². The lowest BCUT2D eigenvalue weighted by Crippen LogP contribution is -2.54. The van der Waals surface area contributed by atoms with Crippen LogP contribution in [0.25, 0.3) is 5.69 Å². The van der Waals surface area contributed by atoms with Crippen LogP contribution in [0, 0.1) is 0 Å². The fourth-order valence-electron chi connectivity index (χ4n) is 4.06. The summed E-state index contributed by atoms with van der Waals surface area (Å²) in [5, 5.41) is 9.76. The van der Waals surface area contributed by atoms with Gasteiger partial charge < -0.3 is 9.67 Å². The van der Waals surface area contributed by atoms with E-state index < -0.39 is 22.2 Å². The quantitative estimate of drug-likeness (QED) is 0.727. The van der Waals surface area contributed by atoms with Gasteiger partial charge in [-0.05, 0) is 56.4 Å². The third-order valence-electron chi connectivity index (χ3n) is 5.70. The van der Waals surface area contributed by atoms with Gasteiger partial charge in [-0.1, -0.05) is 0 Å². The Morgan fingerprint density at radius 1 is 1.07 bits per heavy atom.